The zero-order valence-corrected chi connectivity index (χ0v) is 14.8. The second-order valence-electron chi connectivity index (χ2n) is 4.71. The highest BCUT2D eigenvalue weighted by Gasteiger charge is 2.25. The largest absolute Gasteiger partial charge is 0.483 e. The molecule has 2 N–H and O–H groups in total. The molecule has 0 radical (unpaired) electrons. The van der Waals surface area contributed by atoms with Gasteiger partial charge in [-0.1, -0.05) is 11.6 Å². The van der Waals surface area contributed by atoms with Crippen LogP contribution in [-0.4, -0.2) is 28.6 Å². The Morgan fingerprint density at radius 2 is 2.24 bits per heavy atom. The highest BCUT2D eigenvalue weighted by molar-refractivity contribution is 8.18. The molecule has 1 aliphatic rings. The van der Waals surface area contributed by atoms with Crippen molar-refractivity contribution in [1.82, 2.24) is 10.3 Å². The molecule has 0 saturated carbocycles. The third-order valence-corrected chi connectivity index (χ3v) is 4.67. The van der Waals surface area contributed by atoms with Gasteiger partial charge in [0, 0.05) is 22.2 Å². The van der Waals surface area contributed by atoms with E-state index < -0.39 is 11.1 Å². The smallest absolute Gasteiger partial charge is 0.290 e. The molecule has 1 aromatic carbocycles. The van der Waals surface area contributed by atoms with E-state index in [0.29, 0.717) is 21.5 Å². The monoisotopic (exact) mass is 395 g/mol. The van der Waals surface area contributed by atoms with Crippen LogP contribution in [0.3, 0.4) is 0 Å². The molecule has 0 atom stereocenters. The lowest BCUT2D eigenvalue weighted by atomic mass is 10.2. The van der Waals surface area contributed by atoms with Gasteiger partial charge in [-0.15, -0.1) is 11.3 Å². The van der Waals surface area contributed by atoms with Crippen LogP contribution in [-0.2, 0) is 9.59 Å². The van der Waals surface area contributed by atoms with Crippen LogP contribution in [0.15, 0.2) is 34.7 Å². The number of nitrogens with zero attached hydrogens (tertiary/aromatic N) is 1. The quantitative estimate of drug-likeness (QED) is 0.755. The molecule has 1 aromatic heterocycles. The number of nitrogens with one attached hydrogen (secondary N) is 2. The molecule has 3 amide bonds. The van der Waals surface area contributed by atoms with Gasteiger partial charge in [0.25, 0.3) is 17.1 Å². The number of hydrogen-bond acceptors (Lipinski definition) is 7. The van der Waals surface area contributed by atoms with Gasteiger partial charge in [-0.25, -0.2) is 4.98 Å². The fourth-order valence-corrected chi connectivity index (χ4v) is 3.31. The van der Waals surface area contributed by atoms with Crippen molar-refractivity contribution in [3.63, 3.8) is 0 Å². The van der Waals surface area contributed by atoms with E-state index in [1.807, 2.05) is 0 Å². The van der Waals surface area contributed by atoms with Gasteiger partial charge in [0.2, 0.25) is 0 Å². The molecule has 0 bridgehead atoms. The minimum atomic E-state index is -0.484. The Kier molecular flexibility index (Phi) is 5.37. The molecule has 3 rings (SSSR count). The molecule has 2 aromatic rings. The molecular formula is C15H10ClN3O4S2. The lowest BCUT2D eigenvalue weighted by molar-refractivity contribution is -0.118. The first-order chi connectivity index (χ1) is 12.0. The summed E-state index contributed by atoms with van der Waals surface area (Å²) in [5.41, 5.74) is 0.488. The van der Waals surface area contributed by atoms with Gasteiger partial charge in [0.15, 0.2) is 11.7 Å². The second-order valence-corrected chi connectivity index (χ2v) is 7.05. The maximum Gasteiger partial charge on any atom is 0.290 e. The Hall–Kier alpha value is -2.36. The van der Waals surface area contributed by atoms with E-state index in [1.54, 1.807) is 29.8 Å². The van der Waals surface area contributed by atoms with E-state index in [0.717, 1.165) is 11.8 Å². The van der Waals surface area contributed by atoms with Crippen molar-refractivity contribution in [3.05, 3.63) is 45.3 Å². The van der Waals surface area contributed by atoms with Gasteiger partial charge in [0.05, 0.1) is 4.91 Å². The van der Waals surface area contributed by atoms with Crippen LogP contribution in [0.1, 0.15) is 5.56 Å². The van der Waals surface area contributed by atoms with Crippen molar-refractivity contribution < 1.29 is 19.1 Å². The van der Waals surface area contributed by atoms with E-state index in [9.17, 15) is 14.4 Å². The highest BCUT2D eigenvalue weighted by Crippen LogP contribution is 2.30. The fraction of sp³-hybridized carbons (Fsp3) is 0.0667. The molecule has 1 aliphatic heterocycles. The Morgan fingerprint density at radius 1 is 1.40 bits per heavy atom. The average Bonchev–Trinajstić information content (AvgIpc) is 3.16. The van der Waals surface area contributed by atoms with Gasteiger partial charge in [-0.3, -0.25) is 25.0 Å². The maximum absolute atomic E-state index is 11.9. The van der Waals surface area contributed by atoms with Crippen molar-refractivity contribution in [3.8, 4) is 5.75 Å². The van der Waals surface area contributed by atoms with Crippen LogP contribution in [0, 0.1) is 0 Å². The van der Waals surface area contributed by atoms with Crippen molar-refractivity contribution in [2.24, 2.45) is 0 Å². The molecule has 7 nitrogen and oxygen atoms in total. The van der Waals surface area contributed by atoms with Crippen LogP contribution in [0.5, 0.6) is 5.75 Å². The number of carbonyl (C=O) groups excluding carboxylic acids is 3. The molecule has 0 unspecified atom stereocenters. The number of ether oxygens (including phenoxy) is 1. The Balaban J connectivity index is 1.73. The molecule has 2 heterocycles. The lowest BCUT2D eigenvalue weighted by Crippen LogP contribution is -2.20. The third-order valence-electron chi connectivity index (χ3n) is 2.94. The second kappa shape index (κ2) is 7.68. The van der Waals surface area contributed by atoms with Crippen LogP contribution in [0.2, 0.25) is 5.02 Å². The predicted molar refractivity (Wildman–Crippen MR) is 96.8 cm³/mol. The third kappa shape index (κ3) is 4.59. The molecular weight excluding hydrogens is 386 g/mol. The fourth-order valence-electron chi connectivity index (χ4n) is 1.91. The SMILES string of the molecule is O=C(COc1ccc(Cl)cc1/C=C1\SC(=O)NC1=O)Nc1nccs1. The number of imide groups is 1. The Morgan fingerprint density at radius 3 is 2.92 bits per heavy atom. The first-order valence-electron chi connectivity index (χ1n) is 6.88. The number of halogens is 1. The van der Waals surface area contributed by atoms with Crippen molar-refractivity contribution in [2.75, 3.05) is 11.9 Å². The van der Waals surface area contributed by atoms with E-state index in [2.05, 4.69) is 15.6 Å². The standard InChI is InChI=1S/C15H10ClN3O4S2/c16-9-1-2-10(23-7-12(20)18-14-17-3-4-24-14)8(5-9)6-11-13(21)19-15(22)25-11/h1-6H,7H2,(H,17,18,20)(H,19,21,22)/b11-6-. The van der Waals surface area contributed by atoms with Crippen molar-refractivity contribution in [2.45, 2.75) is 0 Å². The number of carbonyl (C=O) groups is 3. The van der Waals surface area contributed by atoms with Crippen LogP contribution in [0.4, 0.5) is 9.93 Å². The zero-order chi connectivity index (χ0) is 17.8. The molecule has 1 saturated heterocycles. The minimum Gasteiger partial charge on any atom is -0.483 e. The number of anilines is 1. The highest BCUT2D eigenvalue weighted by atomic mass is 35.5. The predicted octanol–water partition coefficient (Wildman–Crippen LogP) is 3.14. The number of thioether (sulfide) groups is 1. The molecule has 0 aliphatic carbocycles. The molecule has 10 heteroatoms. The summed E-state index contributed by atoms with van der Waals surface area (Å²) < 4.78 is 5.51. The van der Waals surface area contributed by atoms with Gasteiger partial charge in [-0.05, 0) is 36.0 Å². The number of aromatic nitrogens is 1. The van der Waals surface area contributed by atoms with Gasteiger partial charge in [0.1, 0.15) is 5.75 Å². The normalized spacial score (nSPS) is 15.3. The van der Waals surface area contributed by atoms with E-state index in [-0.39, 0.29) is 17.4 Å². The van der Waals surface area contributed by atoms with E-state index >= 15 is 0 Å². The summed E-state index contributed by atoms with van der Waals surface area (Å²) in [4.78, 5) is 39.0. The van der Waals surface area contributed by atoms with Crippen LogP contribution >= 0.6 is 34.7 Å². The number of benzene rings is 1. The maximum atomic E-state index is 11.9. The number of hydrogen-bond donors (Lipinski definition) is 2. The van der Waals surface area contributed by atoms with Crippen LogP contribution in [0.25, 0.3) is 6.08 Å². The zero-order valence-electron chi connectivity index (χ0n) is 12.4. The first kappa shape index (κ1) is 17.5. The Labute approximate surface area is 155 Å². The molecule has 128 valence electrons. The summed E-state index contributed by atoms with van der Waals surface area (Å²) in [6.07, 6.45) is 3.07. The summed E-state index contributed by atoms with van der Waals surface area (Å²) in [6.45, 7) is -0.240. The number of rotatable bonds is 5. The van der Waals surface area contributed by atoms with Gasteiger partial charge < -0.3 is 4.74 Å². The topological polar surface area (TPSA) is 97.4 Å². The summed E-state index contributed by atoms with van der Waals surface area (Å²) in [5, 5.41) is 6.98. The van der Waals surface area contributed by atoms with Crippen LogP contribution < -0.4 is 15.4 Å². The van der Waals surface area contributed by atoms with Gasteiger partial charge >= 0.3 is 0 Å². The van der Waals surface area contributed by atoms with Crippen molar-refractivity contribution >= 4 is 63.0 Å². The lowest BCUT2D eigenvalue weighted by Gasteiger charge is -2.09. The number of thiazole rings is 1. The Bertz CT molecular complexity index is 868. The average molecular weight is 396 g/mol. The summed E-state index contributed by atoms with van der Waals surface area (Å²) in [7, 11) is 0. The summed E-state index contributed by atoms with van der Waals surface area (Å²) in [5.74, 6) is -0.493. The molecule has 1 fully saturated rings. The van der Waals surface area contributed by atoms with E-state index in [4.69, 9.17) is 16.3 Å². The minimum absolute atomic E-state index is 0.226. The van der Waals surface area contributed by atoms with Crippen molar-refractivity contribution in [1.29, 1.82) is 0 Å². The number of amides is 3. The molecule has 25 heavy (non-hydrogen) atoms. The summed E-state index contributed by atoms with van der Waals surface area (Å²) >= 11 is 8.06. The summed E-state index contributed by atoms with van der Waals surface area (Å²) in [6, 6.07) is 4.77. The molecule has 0 spiro atoms. The van der Waals surface area contributed by atoms with Gasteiger partial charge in [-0.2, -0.15) is 0 Å². The first-order valence-corrected chi connectivity index (χ1v) is 8.95. The van der Waals surface area contributed by atoms with E-state index in [1.165, 1.54) is 17.4 Å².